The van der Waals surface area contributed by atoms with Gasteiger partial charge < -0.3 is 13.9 Å². The molecule has 0 aliphatic carbocycles. The number of anilines is 3. The molecule has 0 bridgehead atoms. The fraction of sp³-hybridized carbons (Fsp3) is 0.0213. The van der Waals surface area contributed by atoms with Gasteiger partial charge in [0.1, 0.15) is 11.2 Å². The first-order valence-electron chi connectivity index (χ1n) is 17.0. The monoisotopic (exact) mass is 642 g/mol. The number of hydrogen-bond donors (Lipinski definition) is 0. The number of hydrogen-bond acceptors (Lipinski definition) is 2. The SMILES string of the molecule is C=Cc1ccc2c3ccccc3n(-c3ccc(-c4ccc(N(c5ccccc5)c5ccc6oc7ccccc7c6c5)cc4)cc3)c2c1/C=C\C. The van der Waals surface area contributed by atoms with Crippen molar-refractivity contribution in [1.82, 2.24) is 4.57 Å². The van der Waals surface area contributed by atoms with E-state index in [9.17, 15) is 0 Å². The first-order valence-corrected chi connectivity index (χ1v) is 17.0. The highest BCUT2D eigenvalue weighted by molar-refractivity contribution is 6.12. The maximum atomic E-state index is 6.14. The lowest BCUT2D eigenvalue weighted by Crippen LogP contribution is -2.09. The minimum atomic E-state index is 0.891. The molecule has 0 aliphatic heterocycles. The predicted molar refractivity (Wildman–Crippen MR) is 213 cm³/mol. The number of aromatic nitrogens is 1. The van der Waals surface area contributed by atoms with E-state index in [1.54, 1.807) is 0 Å². The van der Waals surface area contributed by atoms with Crippen LogP contribution >= 0.6 is 0 Å². The van der Waals surface area contributed by atoms with E-state index in [2.05, 4.69) is 181 Å². The average Bonchev–Trinajstić information content (AvgIpc) is 3.72. The van der Waals surface area contributed by atoms with Crippen LogP contribution in [0.2, 0.25) is 0 Å². The van der Waals surface area contributed by atoms with Crippen LogP contribution in [0.4, 0.5) is 17.1 Å². The molecular formula is C47H34N2O. The molecule has 0 saturated carbocycles. The van der Waals surface area contributed by atoms with Crippen molar-refractivity contribution in [2.45, 2.75) is 6.92 Å². The molecule has 9 aromatic rings. The summed E-state index contributed by atoms with van der Waals surface area (Å²) in [6, 6.07) is 56.0. The number of nitrogens with zero attached hydrogens (tertiary/aromatic N) is 2. The summed E-state index contributed by atoms with van der Waals surface area (Å²) in [5.41, 5.74) is 13.2. The third-order valence-corrected chi connectivity index (χ3v) is 9.68. The van der Waals surface area contributed by atoms with Crippen molar-refractivity contribution < 1.29 is 4.42 Å². The second kappa shape index (κ2) is 12.1. The van der Waals surface area contributed by atoms with Crippen molar-refractivity contribution >= 4 is 73.0 Å². The Morgan fingerprint density at radius 2 is 1.20 bits per heavy atom. The minimum absolute atomic E-state index is 0.891. The molecule has 0 amide bonds. The molecule has 9 rings (SSSR count). The molecule has 0 fully saturated rings. The van der Waals surface area contributed by atoms with E-state index in [-0.39, 0.29) is 0 Å². The van der Waals surface area contributed by atoms with Gasteiger partial charge >= 0.3 is 0 Å². The van der Waals surface area contributed by atoms with Crippen LogP contribution in [0.3, 0.4) is 0 Å². The highest BCUT2D eigenvalue weighted by Crippen LogP contribution is 2.40. The molecule has 3 nitrogen and oxygen atoms in total. The van der Waals surface area contributed by atoms with Crippen molar-refractivity contribution in [1.29, 1.82) is 0 Å². The van der Waals surface area contributed by atoms with Crippen LogP contribution in [0.5, 0.6) is 0 Å². The molecule has 2 aromatic heterocycles. The van der Waals surface area contributed by atoms with Gasteiger partial charge in [-0.1, -0.05) is 116 Å². The van der Waals surface area contributed by atoms with E-state index in [4.69, 9.17) is 4.42 Å². The third kappa shape index (κ3) is 4.83. The van der Waals surface area contributed by atoms with E-state index < -0.39 is 0 Å². The Labute approximate surface area is 291 Å². The highest BCUT2D eigenvalue weighted by Gasteiger charge is 2.18. The topological polar surface area (TPSA) is 21.3 Å². The normalized spacial score (nSPS) is 11.7. The van der Waals surface area contributed by atoms with Gasteiger partial charge in [0, 0.05) is 49.9 Å². The maximum Gasteiger partial charge on any atom is 0.135 e. The summed E-state index contributed by atoms with van der Waals surface area (Å²) in [6.45, 7) is 6.17. The summed E-state index contributed by atoms with van der Waals surface area (Å²) < 4.78 is 8.52. The molecule has 0 saturated heterocycles. The molecule has 3 heteroatoms. The zero-order valence-corrected chi connectivity index (χ0v) is 27.8. The van der Waals surface area contributed by atoms with Crippen LogP contribution in [0.25, 0.3) is 72.7 Å². The lowest BCUT2D eigenvalue weighted by molar-refractivity contribution is 0.669. The Kier molecular flexibility index (Phi) is 7.18. The molecule has 0 spiro atoms. The van der Waals surface area contributed by atoms with Crippen LogP contribution in [0.1, 0.15) is 18.1 Å². The van der Waals surface area contributed by atoms with E-state index >= 15 is 0 Å². The molecule has 2 heterocycles. The molecule has 0 aliphatic rings. The van der Waals surface area contributed by atoms with Gasteiger partial charge in [0.05, 0.1) is 11.0 Å². The number of para-hydroxylation sites is 3. The lowest BCUT2D eigenvalue weighted by Gasteiger charge is -2.25. The number of fused-ring (bicyclic) bond motifs is 6. The van der Waals surface area contributed by atoms with E-state index in [1.165, 1.54) is 32.9 Å². The quantitative estimate of drug-likeness (QED) is 0.172. The van der Waals surface area contributed by atoms with Gasteiger partial charge in [0.15, 0.2) is 0 Å². The number of allylic oxidation sites excluding steroid dienone is 1. The van der Waals surface area contributed by atoms with Gasteiger partial charge in [-0.25, -0.2) is 0 Å². The van der Waals surface area contributed by atoms with Crippen LogP contribution in [0.15, 0.2) is 175 Å². The van der Waals surface area contributed by atoms with E-state index in [0.717, 1.165) is 55.8 Å². The van der Waals surface area contributed by atoms with Crippen LogP contribution < -0.4 is 4.90 Å². The molecule has 238 valence electrons. The summed E-state index contributed by atoms with van der Waals surface area (Å²) in [5.74, 6) is 0. The first-order chi connectivity index (χ1) is 24.7. The molecule has 0 radical (unpaired) electrons. The molecular weight excluding hydrogens is 609 g/mol. The maximum absolute atomic E-state index is 6.14. The van der Waals surface area contributed by atoms with Crippen molar-refractivity contribution in [3.63, 3.8) is 0 Å². The van der Waals surface area contributed by atoms with Gasteiger partial charge in [-0.15, -0.1) is 0 Å². The largest absolute Gasteiger partial charge is 0.456 e. The zero-order chi connectivity index (χ0) is 33.6. The molecule has 7 aromatic carbocycles. The smallest absolute Gasteiger partial charge is 0.135 e. The van der Waals surface area contributed by atoms with Crippen molar-refractivity contribution in [2.75, 3.05) is 4.90 Å². The first kappa shape index (κ1) is 29.6. The standard InChI is InChI=1S/C47H34N2O/c1-3-12-39-32(4-2)23-29-42-40-15-8-10-17-44(40)49(47(39)42)37-26-21-34(22-27-37)33-19-24-36(25-20-33)48(35-13-6-5-7-14-35)38-28-30-46-43(31-38)41-16-9-11-18-45(41)50-46/h3-31H,2H2,1H3/b12-3-. The Morgan fingerprint density at radius 1 is 0.560 bits per heavy atom. The molecule has 0 N–H and O–H groups in total. The molecule has 50 heavy (non-hydrogen) atoms. The summed E-state index contributed by atoms with van der Waals surface area (Å²) in [5, 5.41) is 4.71. The van der Waals surface area contributed by atoms with Gasteiger partial charge in [0.25, 0.3) is 0 Å². The second-order valence-electron chi connectivity index (χ2n) is 12.6. The average molecular weight is 643 g/mol. The lowest BCUT2D eigenvalue weighted by atomic mass is 10.0. The van der Waals surface area contributed by atoms with Crippen molar-refractivity contribution in [2.24, 2.45) is 0 Å². The van der Waals surface area contributed by atoms with Crippen molar-refractivity contribution in [3.05, 3.63) is 182 Å². The molecule has 0 unspecified atom stereocenters. The Hall–Kier alpha value is -6.58. The van der Waals surface area contributed by atoms with Crippen LogP contribution in [0, 0.1) is 0 Å². The number of rotatable bonds is 7. The molecule has 0 atom stereocenters. The summed E-state index contributed by atoms with van der Waals surface area (Å²) in [6.07, 6.45) is 6.24. The summed E-state index contributed by atoms with van der Waals surface area (Å²) >= 11 is 0. The van der Waals surface area contributed by atoms with E-state index in [1.807, 2.05) is 18.2 Å². The highest BCUT2D eigenvalue weighted by atomic mass is 16.3. The zero-order valence-electron chi connectivity index (χ0n) is 27.8. The van der Waals surface area contributed by atoms with E-state index in [0.29, 0.717) is 0 Å². The van der Waals surface area contributed by atoms with Gasteiger partial charge in [-0.2, -0.15) is 0 Å². The van der Waals surface area contributed by atoms with Gasteiger partial charge in [-0.05, 0) is 90.3 Å². The number of benzene rings is 7. The van der Waals surface area contributed by atoms with Gasteiger partial charge in [0.2, 0.25) is 0 Å². The Bertz CT molecular complexity index is 2710. The van der Waals surface area contributed by atoms with Crippen LogP contribution in [-0.2, 0) is 0 Å². The van der Waals surface area contributed by atoms with Crippen molar-refractivity contribution in [3.8, 4) is 16.8 Å². The van der Waals surface area contributed by atoms with Gasteiger partial charge in [-0.3, -0.25) is 0 Å². The number of furan rings is 1. The summed E-state index contributed by atoms with van der Waals surface area (Å²) in [4.78, 5) is 2.30. The minimum Gasteiger partial charge on any atom is -0.456 e. The predicted octanol–water partition coefficient (Wildman–Crippen LogP) is 13.5. The fourth-order valence-electron chi connectivity index (χ4n) is 7.37. The Morgan fingerprint density at radius 3 is 1.96 bits per heavy atom. The fourth-order valence-corrected chi connectivity index (χ4v) is 7.37. The summed E-state index contributed by atoms with van der Waals surface area (Å²) in [7, 11) is 0. The Balaban J connectivity index is 1.11. The second-order valence-corrected chi connectivity index (χ2v) is 12.6. The van der Waals surface area contributed by atoms with Crippen LogP contribution in [-0.4, -0.2) is 4.57 Å². The third-order valence-electron chi connectivity index (χ3n) is 9.68.